The van der Waals surface area contributed by atoms with Crippen LogP contribution in [-0.2, 0) is 9.53 Å². The number of carbonyl (C=O) groups is 1. The van der Waals surface area contributed by atoms with Gasteiger partial charge in [-0.3, -0.25) is 14.6 Å². The highest BCUT2D eigenvalue weighted by atomic mass is 16.5. The molecule has 0 bridgehead atoms. The maximum absolute atomic E-state index is 11.6. The molecule has 5 nitrogen and oxygen atoms in total. The number of rotatable bonds is 3. The van der Waals surface area contributed by atoms with Gasteiger partial charge in [0.05, 0.1) is 19.1 Å². The molecule has 0 radical (unpaired) electrons. The second-order valence-electron chi connectivity index (χ2n) is 6.74. The van der Waals surface area contributed by atoms with E-state index in [1.165, 1.54) is 19.3 Å². The predicted octanol–water partition coefficient (Wildman–Crippen LogP) is 1.43. The van der Waals surface area contributed by atoms with E-state index >= 15 is 0 Å². The first-order valence-electron chi connectivity index (χ1n) is 8.54. The van der Waals surface area contributed by atoms with Gasteiger partial charge in [-0.15, -0.1) is 0 Å². The van der Waals surface area contributed by atoms with E-state index in [2.05, 4.69) is 9.80 Å². The second kappa shape index (κ2) is 7.07. The summed E-state index contributed by atoms with van der Waals surface area (Å²) < 4.78 is 5.43. The summed E-state index contributed by atoms with van der Waals surface area (Å²) in [7, 11) is 0. The van der Waals surface area contributed by atoms with Crippen LogP contribution in [0.3, 0.4) is 0 Å². The number of likely N-dealkylation sites (tertiary alicyclic amines) is 1. The van der Waals surface area contributed by atoms with Crippen LogP contribution in [0.5, 0.6) is 0 Å². The second-order valence-corrected chi connectivity index (χ2v) is 6.74. The van der Waals surface area contributed by atoms with Gasteiger partial charge in [0, 0.05) is 38.3 Å². The van der Waals surface area contributed by atoms with Crippen molar-refractivity contribution in [2.24, 2.45) is 5.92 Å². The van der Waals surface area contributed by atoms with Crippen LogP contribution in [0.4, 0.5) is 0 Å². The average molecular weight is 296 g/mol. The SMILES string of the molecule is O=C(O)C1CCCCCC1N1CCC(N2CCOCC2)C1. The molecule has 1 aliphatic carbocycles. The molecule has 1 saturated carbocycles. The Morgan fingerprint density at radius 2 is 1.71 bits per heavy atom. The minimum atomic E-state index is -0.586. The zero-order valence-electron chi connectivity index (χ0n) is 12.9. The average Bonchev–Trinajstić information content (AvgIpc) is 2.85. The fourth-order valence-electron chi connectivity index (χ4n) is 4.32. The smallest absolute Gasteiger partial charge is 0.308 e. The quantitative estimate of drug-likeness (QED) is 0.799. The normalized spacial score (nSPS) is 36.5. The molecule has 0 aromatic heterocycles. The summed E-state index contributed by atoms with van der Waals surface area (Å²) in [5.74, 6) is -0.743. The Kier molecular flexibility index (Phi) is 5.14. The molecule has 120 valence electrons. The monoisotopic (exact) mass is 296 g/mol. The van der Waals surface area contributed by atoms with Crippen LogP contribution in [0.1, 0.15) is 38.5 Å². The molecule has 0 amide bonds. The lowest BCUT2D eigenvalue weighted by atomic mass is 9.93. The van der Waals surface area contributed by atoms with Gasteiger partial charge in [0.1, 0.15) is 0 Å². The highest BCUT2D eigenvalue weighted by Crippen LogP contribution is 2.31. The first-order valence-corrected chi connectivity index (χ1v) is 8.54. The molecule has 3 aliphatic rings. The lowest BCUT2D eigenvalue weighted by Crippen LogP contribution is -2.47. The van der Waals surface area contributed by atoms with Crippen molar-refractivity contribution in [3.63, 3.8) is 0 Å². The summed E-state index contributed by atoms with van der Waals surface area (Å²) in [5, 5.41) is 9.56. The number of ether oxygens (including phenoxy) is 1. The van der Waals surface area contributed by atoms with Gasteiger partial charge in [-0.05, 0) is 19.3 Å². The van der Waals surface area contributed by atoms with Crippen molar-refractivity contribution >= 4 is 5.97 Å². The number of carboxylic acids is 1. The molecule has 0 aromatic rings. The molecule has 0 spiro atoms. The maximum atomic E-state index is 11.6. The summed E-state index contributed by atoms with van der Waals surface area (Å²) in [5.41, 5.74) is 0. The van der Waals surface area contributed by atoms with E-state index in [0.717, 1.165) is 58.7 Å². The first kappa shape index (κ1) is 15.3. The highest BCUT2D eigenvalue weighted by molar-refractivity contribution is 5.71. The summed E-state index contributed by atoms with van der Waals surface area (Å²) in [4.78, 5) is 16.6. The zero-order valence-corrected chi connectivity index (χ0v) is 12.9. The number of nitrogens with zero attached hydrogens (tertiary/aromatic N) is 2. The Bertz CT molecular complexity index is 357. The number of aliphatic carboxylic acids is 1. The lowest BCUT2D eigenvalue weighted by Gasteiger charge is -2.34. The minimum absolute atomic E-state index is 0.157. The Hall–Kier alpha value is -0.650. The van der Waals surface area contributed by atoms with Crippen LogP contribution < -0.4 is 0 Å². The van der Waals surface area contributed by atoms with Crippen LogP contribution in [0, 0.1) is 5.92 Å². The van der Waals surface area contributed by atoms with Crippen molar-refractivity contribution in [1.82, 2.24) is 9.80 Å². The molecule has 0 aromatic carbocycles. The van der Waals surface area contributed by atoms with Crippen molar-refractivity contribution < 1.29 is 14.6 Å². The van der Waals surface area contributed by atoms with Gasteiger partial charge in [0.15, 0.2) is 0 Å². The Balaban J connectivity index is 1.61. The van der Waals surface area contributed by atoms with Gasteiger partial charge in [-0.25, -0.2) is 0 Å². The molecule has 3 fully saturated rings. The summed E-state index contributed by atoms with van der Waals surface area (Å²) in [6.45, 7) is 5.87. The topological polar surface area (TPSA) is 53.0 Å². The van der Waals surface area contributed by atoms with Crippen LogP contribution in [-0.4, -0.2) is 72.4 Å². The standard InChI is InChI=1S/C16H28N2O3/c19-16(20)14-4-2-1-3-5-15(14)18-7-6-13(12-18)17-8-10-21-11-9-17/h13-15H,1-12H2,(H,19,20). The Morgan fingerprint density at radius 3 is 2.48 bits per heavy atom. The zero-order chi connectivity index (χ0) is 14.7. The van der Waals surface area contributed by atoms with E-state index < -0.39 is 5.97 Å². The lowest BCUT2D eigenvalue weighted by molar-refractivity contribution is -0.144. The minimum Gasteiger partial charge on any atom is -0.481 e. The Labute approximate surface area is 127 Å². The van der Waals surface area contributed by atoms with Gasteiger partial charge >= 0.3 is 5.97 Å². The van der Waals surface area contributed by atoms with E-state index in [-0.39, 0.29) is 12.0 Å². The molecule has 3 rings (SSSR count). The van der Waals surface area contributed by atoms with Gasteiger partial charge in [0.2, 0.25) is 0 Å². The molecule has 3 unspecified atom stereocenters. The maximum Gasteiger partial charge on any atom is 0.308 e. The van der Waals surface area contributed by atoms with E-state index in [0.29, 0.717) is 6.04 Å². The van der Waals surface area contributed by atoms with Crippen LogP contribution in [0.15, 0.2) is 0 Å². The van der Waals surface area contributed by atoms with Crippen LogP contribution in [0.2, 0.25) is 0 Å². The first-order chi connectivity index (χ1) is 10.3. The van der Waals surface area contributed by atoms with Crippen molar-refractivity contribution in [2.75, 3.05) is 39.4 Å². The van der Waals surface area contributed by atoms with Crippen LogP contribution in [0.25, 0.3) is 0 Å². The fourth-order valence-corrected chi connectivity index (χ4v) is 4.32. The van der Waals surface area contributed by atoms with Gasteiger partial charge in [-0.2, -0.15) is 0 Å². The molecule has 1 N–H and O–H groups in total. The van der Waals surface area contributed by atoms with Crippen molar-refractivity contribution in [1.29, 1.82) is 0 Å². The van der Waals surface area contributed by atoms with Gasteiger partial charge in [0.25, 0.3) is 0 Å². The fraction of sp³-hybridized carbons (Fsp3) is 0.938. The van der Waals surface area contributed by atoms with E-state index in [9.17, 15) is 9.90 Å². The molecule has 2 heterocycles. The third kappa shape index (κ3) is 3.58. The predicted molar refractivity (Wildman–Crippen MR) is 80.4 cm³/mol. The molecule has 2 aliphatic heterocycles. The molecule has 3 atom stereocenters. The number of carboxylic acid groups (broad SMARTS) is 1. The van der Waals surface area contributed by atoms with Crippen molar-refractivity contribution in [2.45, 2.75) is 50.6 Å². The third-order valence-corrected chi connectivity index (χ3v) is 5.52. The highest BCUT2D eigenvalue weighted by Gasteiger charge is 2.38. The van der Waals surface area contributed by atoms with Gasteiger partial charge < -0.3 is 9.84 Å². The third-order valence-electron chi connectivity index (χ3n) is 5.52. The van der Waals surface area contributed by atoms with Crippen molar-refractivity contribution in [3.8, 4) is 0 Å². The molecular formula is C16H28N2O3. The molecule has 5 heteroatoms. The Morgan fingerprint density at radius 1 is 0.952 bits per heavy atom. The summed E-state index contributed by atoms with van der Waals surface area (Å²) in [6.07, 6.45) is 6.57. The van der Waals surface area contributed by atoms with E-state index in [4.69, 9.17) is 4.74 Å². The molecule has 2 saturated heterocycles. The van der Waals surface area contributed by atoms with E-state index in [1.807, 2.05) is 0 Å². The largest absolute Gasteiger partial charge is 0.481 e. The summed E-state index contributed by atoms with van der Waals surface area (Å²) in [6, 6.07) is 0.864. The van der Waals surface area contributed by atoms with Crippen molar-refractivity contribution in [3.05, 3.63) is 0 Å². The van der Waals surface area contributed by atoms with E-state index in [1.54, 1.807) is 0 Å². The van der Waals surface area contributed by atoms with Gasteiger partial charge in [-0.1, -0.05) is 19.3 Å². The molecule has 21 heavy (non-hydrogen) atoms. The number of morpholine rings is 1. The van der Waals surface area contributed by atoms with Crippen LogP contribution >= 0.6 is 0 Å². The number of hydrogen-bond acceptors (Lipinski definition) is 4. The number of hydrogen-bond donors (Lipinski definition) is 1. The summed E-state index contributed by atoms with van der Waals surface area (Å²) >= 11 is 0. The molecular weight excluding hydrogens is 268 g/mol.